The molecule has 0 fully saturated rings. The molecule has 0 aliphatic carbocycles. The fraction of sp³-hybridized carbons (Fsp3) is 0.111. The Labute approximate surface area is 70.9 Å². The van der Waals surface area contributed by atoms with Gasteiger partial charge in [-0.3, -0.25) is 4.98 Å². The zero-order valence-electron chi connectivity index (χ0n) is 6.73. The summed E-state index contributed by atoms with van der Waals surface area (Å²) in [6.07, 6.45) is 5.10. The first kappa shape index (κ1) is 7.03. The average Bonchev–Trinajstić information content (AvgIpc) is 2.53. The molecule has 0 bridgehead atoms. The predicted octanol–water partition coefficient (Wildman–Crippen LogP) is 1.42. The van der Waals surface area contributed by atoms with Gasteiger partial charge in [0, 0.05) is 18.0 Å². The van der Waals surface area contributed by atoms with E-state index in [1.165, 1.54) is 0 Å². The molecule has 1 aromatic rings. The van der Waals surface area contributed by atoms with Crippen LogP contribution in [0.1, 0.15) is 12.5 Å². The minimum Gasteiger partial charge on any atom is -0.264 e. The summed E-state index contributed by atoms with van der Waals surface area (Å²) in [5, 5.41) is 4.05. The van der Waals surface area contributed by atoms with Gasteiger partial charge in [0.05, 0.1) is 11.4 Å². The van der Waals surface area contributed by atoms with E-state index in [4.69, 9.17) is 0 Å². The molecule has 1 aromatic heterocycles. The van der Waals surface area contributed by atoms with Crippen molar-refractivity contribution in [1.29, 1.82) is 0 Å². The molecule has 0 aromatic carbocycles. The molecule has 0 atom stereocenters. The fourth-order valence-electron chi connectivity index (χ4n) is 1.11. The van der Waals surface area contributed by atoms with Gasteiger partial charge in [-0.25, -0.2) is 10.3 Å². The Morgan fingerprint density at radius 3 is 2.83 bits per heavy atom. The Kier molecular flexibility index (Phi) is 1.63. The third kappa shape index (κ3) is 1.09. The van der Waals surface area contributed by atoms with Gasteiger partial charge in [-0.15, -0.1) is 0 Å². The Balaban J connectivity index is 2.44. The van der Waals surface area contributed by atoms with Crippen LogP contribution in [-0.2, 0) is 0 Å². The molecule has 0 saturated carbocycles. The van der Waals surface area contributed by atoms with Crippen molar-refractivity contribution in [3.63, 3.8) is 0 Å². The van der Waals surface area contributed by atoms with E-state index < -0.39 is 0 Å². The first-order valence-electron chi connectivity index (χ1n) is 3.72. The topological polar surface area (TPSA) is 39.4 Å². The molecule has 0 saturated heterocycles. The van der Waals surface area contributed by atoms with E-state index in [9.17, 15) is 0 Å². The van der Waals surface area contributed by atoms with Crippen LogP contribution in [0.3, 0.4) is 0 Å². The van der Waals surface area contributed by atoms with Crippen molar-refractivity contribution in [2.45, 2.75) is 6.92 Å². The van der Waals surface area contributed by atoms with E-state index in [2.05, 4.69) is 15.3 Å². The highest BCUT2D eigenvalue weighted by Crippen LogP contribution is 2.20. The molecular weight excluding hydrogens is 150 g/mol. The lowest BCUT2D eigenvalue weighted by atomic mass is 10.2. The second-order valence-corrected chi connectivity index (χ2v) is 2.55. The SMILES string of the molecule is CC1=C(c2cccnc2)N=C[N]1. The van der Waals surface area contributed by atoms with Crippen molar-refractivity contribution in [1.82, 2.24) is 10.3 Å². The van der Waals surface area contributed by atoms with Crippen molar-refractivity contribution in [2.24, 2.45) is 4.99 Å². The minimum absolute atomic E-state index is 0.920. The van der Waals surface area contributed by atoms with Gasteiger partial charge >= 0.3 is 0 Å². The Morgan fingerprint density at radius 2 is 2.25 bits per heavy atom. The van der Waals surface area contributed by atoms with Crippen molar-refractivity contribution in [3.05, 3.63) is 35.8 Å². The van der Waals surface area contributed by atoms with Crippen molar-refractivity contribution < 1.29 is 0 Å². The average molecular weight is 158 g/mol. The summed E-state index contributed by atoms with van der Waals surface area (Å²) in [7, 11) is 0. The maximum atomic E-state index is 4.13. The number of hydrogen-bond donors (Lipinski definition) is 0. The number of aromatic nitrogens is 1. The minimum atomic E-state index is 0.920. The number of rotatable bonds is 1. The molecular formula is C9H8N3. The summed E-state index contributed by atoms with van der Waals surface area (Å²) in [6.45, 7) is 1.94. The number of nitrogens with zero attached hydrogens (tertiary/aromatic N) is 3. The Bertz CT molecular complexity index is 338. The summed E-state index contributed by atoms with van der Waals surface area (Å²) in [4.78, 5) is 8.15. The second-order valence-electron chi connectivity index (χ2n) is 2.55. The summed E-state index contributed by atoms with van der Waals surface area (Å²) in [5.74, 6) is 0. The molecule has 2 rings (SSSR count). The number of aliphatic imine (C=N–C) groups is 1. The van der Waals surface area contributed by atoms with Gasteiger partial charge in [0.15, 0.2) is 0 Å². The third-order valence-corrected chi connectivity index (χ3v) is 1.72. The van der Waals surface area contributed by atoms with Crippen LogP contribution in [0.5, 0.6) is 0 Å². The molecule has 3 nitrogen and oxygen atoms in total. The van der Waals surface area contributed by atoms with Crippen LogP contribution in [0.25, 0.3) is 5.70 Å². The lowest BCUT2D eigenvalue weighted by Gasteiger charge is -1.97. The van der Waals surface area contributed by atoms with Crippen molar-refractivity contribution in [2.75, 3.05) is 0 Å². The summed E-state index contributed by atoms with van der Waals surface area (Å²) in [5.41, 5.74) is 2.89. The zero-order chi connectivity index (χ0) is 8.39. The highest BCUT2D eigenvalue weighted by molar-refractivity contribution is 5.81. The molecule has 0 unspecified atom stereocenters. The van der Waals surface area contributed by atoms with Gasteiger partial charge in [-0.2, -0.15) is 0 Å². The van der Waals surface area contributed by atoms with Gasteiger partial charge in [0.2, 0.25) is 0 Å². The van der Waals surface area contributed by atoms with E-state index >= 15 is 0 Å². The van der Waals surface area contributed by atoms with E-state index in [0.717, 1.165) is 17.0 Å². The maximum absolute atomic E-state index is 4.13. The number of pyridine rings is 1. The zero-order valence-corrected chi connectivity index (χ0v) is 6.73. The summed E-state index contributed by atoms with van der Waals surface area (Å²) in [6, 6.07) is 3.87. The quantitative estimate of drug-likeness (QED) is 0.609. The first-order valence-corrected chi connectivity index (χ1v) is 3.72. The highest BCUT2D eigenvalue weighted by Gasteiger charge is 2.08. The van der Waals surface area contributed by atoms with E-state index in [-0.39, 0.29) is 0 Å². The van der Waals surface area contributed by atoms with E-state index in [1.54, 1.807) is 18.7 Å². The van der Waals surface area contributed by atoms with Gasteiger partial charge in [0.1, 0.15) is 6.34 Å². The lowest BCUT2D eigenvalue weighted by molar-refractivity contribution is 1.16. The molecule has 1 aliphatic rings. The molecule has 1 aliphatic heterocycles. The maximum Gasteiger partial charge on any atom is 0.116 e. The fourth-order valence-corrected chi connectivity index (χ4v) is 1.11. The van der Waals surface area contributed by atoms with Crippen LogP contribution in [0.2, 0.25) is 0 Å². The monoisotopic (exact) mass is 158 g/mol. The van der Waals surface area contributed by atoms with Crippen molar-refractivity contribution >= 4 is 12.0 Å². The lowest BCUT2D eigenvalue weighted by Crippen LogP contribution is -1.92. The van der Waals surface area contributed by atoms with Crippen LogP contribution in [-0.4, -0.2) is 11.3 Å². The Morgan fingerprint density at radius 1 is 1.33 bits per heavy atom. The van der Waals surface area contributed by atoms with Gasteiger partial charge in [-0.05, 0) is 19.1 Å². The van der Waals surface area contributed by atoms with Gasteiger partial charge < -0.3 is 0 Å². The van der Waals surface area contributed by atoms with Gasteiger partial charge in [-0.1, -0.05) is 0 Å². The molecule has 0 spiro atoms. The largest absolute Gasteiger partial charge is 0.264 e. The van der Waals surface area contributed by atoms with Crippen LogP contribution < -0.4 is 5.32 Å². The normalized spacial score (nSPS) is 15.1. The van der Waals surface area contributed by atoms with Crippen LogP contribution in [0.15, 0.2) is 35.2 Å². The van der Waals surface area contributed by atoms with Crippen molar-refractivity contribution in [3.8, 4) is 0 Å². The smallest absolute Gasteiger partial charge is 0.116 e. The molecule has 12 heavy (non-hydrogen) atoms. The summed E-state index contributed by atoms with van der Waals surface area (Å²) < 4.78 is 0. The molecule has 59 valence electrons. The highest BCUT2D eigenvalue weighted by atomic mass is 15.0. The molecule has 2 heterocycles. The van der Waals surface area contributed by atoms with Crippen LogP contribution in [0.4, 0.5) is 0 Å². The molecule has 1 radical (unpaired) electrons. The summed E-state index contributed by atoms with van der Waals surface area (Å²) >= 11 is 0. The van der Waals surface area contributed by atoms with E-state index in [1.807, 2.05) is 19.1 Å². The standard InChI is InChI=1S/C9H8N3/c1-7-9(12-6-11-7)8-3-2-4-10-5-8/h2-6H,1H3. The predicted molar refractivity (Wildman–Crippen MR) is 47.5 cm³/mol. The second kappa shape index (κ2) is 2.77. The van der Waals surface area contributed by atoms with Crippen LogP contribution in [0, 0.1) is 0 Å². The molecule has 3 heteroatoms. The number of hydrogen-bond acceptors (Lipinski definition) is 2. The van der Waals surface area contributed by atoms with Gasteiger partial charge in [0.25, 0.3) is 0 Å². The molecule has 0 amide bonds. The molecule has 0 N–H and O–H groups in total. The van der Waals surface area contributed by atoms with Crippen LogP contribution >= 0.6 is 0 Å². The third-order valence-electron chi connectivity index (χ3n) is 1.72. The Hall–Kier alpha value is -1.64. The van der Waals surface area contributed by atoms with E-state index in [0.29, 0.717) is 0 Å². The first-order chi connectivity index (χ1) is 5.88. The number of allylic oxidation sites excluding steroid dienone is 1.